The lowest BCUT2D eigenvalue weighted by atomic mass is 9.98. The van der Waals surface area contributed by atoms with Gasteiger partial charge in [-0.3, -0.25) is 14.6 Å². The molecule has 1 aliphatic heterocycles. The summed E-state index contributed by atoms with van der Waals surface area (Å²) in [4.78, 5) is 25.5. The molecule has 1 aromatic heterocycles. The predicted octanol–water partition coefficient (Wildman–Crippen LogP) is -0.990. The van der Waals surface area contributed by atoms with Crippen molar-refractivity contribution in [1.82, 2.24) is 4.98 Å². The van der Waals surface area contributed by atoms with Crippen molar-refractivity contribution in [1.29, 1.82) is 0 Å². The minimum absolute atomic E-state index is 0.147. The van der Waals surface area contributed by atoms with Crippen LogP contribution in [0.1, 0.15) is 10.5 Å². The van der Waals surface area contributed by atoms with Crippen LogP contribution in [0.5, 0.6) is 0 Å². The number of amides is 1. The normalized spacial score (nSPS) is 14.3. The predicted molar refractivity (Wildman–Crippen MR) is 42.6 cm³/mol. The van der Waals surface area contributed by atoms with Crippen LogP contribution in [0.2, 0.25) is 0 Å². The first-order valence-corrected chi connectivity index (χ1v) is 3.29. The third-order valence-corrected chi connectivity index (χ3v) is 1.58. The fourth-order valence-electron chi connectivity index (χ4n) is 1.04. The molecule has 2 radical (unpaired) electrons. The van der Waals surface area contributed by atoms with Crippen molar-refractivity contribution in [2.24, 2.45) is 0 Å². The van der Waals surface area contributed by atoms with Gasteiger partial charge in [0.15, 0.2) is 0 Å². The zero-order valence-electron chi connectivity index (χ0n) is 6.00. The summed E-state index contributed by atoms with van der Waals surface area (Å²) in [6.45, 7) is 0. The molecule has 1 amide bonds. The van der Waals surface area contributed by atoms with Gasteiger partial charge in [-0.15, -0.1) is 0 Å². The minimum Gasteiger partial charge on any atom is -0.317 e. The summed E-state index contributed by atoms with van der Waals surface area (Å²) in [5.74, 6) is -1.26. The number of nitrogens with one attached hydrogen (secondary N) is 1. The number of Topliss-reactive ketones (excluding diaryl/α,β-unsaturated/α-hetero) is 1. The summed E-state index contributed by atoms with van der Waals surface area (Å²) in [6, 6.07) is 1.51. The van der Waals surface area contributed by atoms with Gasteiger partial charge >= 0.3 is 0 Å². The lowest BCUT2D eigenvalue weighted by molar-refractivity contribution is -0.112. The molecule has 0 unspecified atom stereocenters. The summed E-state index contributed by atoms with van der Waals surface area (Å²) >= 11 is 0. The van der Waals surface area contributed by atoms with E-state index in [2.05, 4.69) is 10.3 Å². The van der Waals surface area contributed by atoms with Crippen molar-refractivity contribution in [3.63, 3.8) is 0 Å². The molecule has 2 heterocycles. The van der Waals surface area contributed by atoms with Crippen LogP contribution in [0.25, 0.3) is 0 Å². The Hall–Kier alpha value is -1.65. The molecular weight excluding hydrogens is 155 g/mol. The van der Waals surface area contributed by atoms with Gasteiger partial charge < -0.3 is 5.32 Å². The van der Waals surface area contributed by atoms with Crippen LogP contribution in [0.4, 0.5) is 5.69 Å². The molecular formula is C7H3BN2O2. The van der Waals surface area contributed by atoms with E-state index < -0.39 is 11.7 Å². The molecule has 2 rings (SSSR count). The molecule has 1 aromatic rings. The van der Waals surface area contributed by atoms with Crippen molar-refractivity contribution in [2.75, 3.05) is 5.32 Å². The second-order valence-corrected chi connectivity index (χ2v) is 2.45. The Balaban J connectivity index is 2.62. The molecule has 5 heteroatoms. The number of pyridine rings is 1. The van der Waals surface area contributed by atoms with Crippen molar-refractivity contribution >= 4 is 30.7 Å². The Labute approximate surface area is 69.4 Å². The number of ketones is 1. The van der Waals surface area contributed by atoms with E-state index in [1.807, 2.05) is 0 Å². The Morgan fingerprint density at radius 3 is 2.92 bits per heavy atom. The molecule has 0 aliphatic carbocycles. The molecule has 12 heavy (non-hydrogen) atoms. The van der Waals surface area contributed by atoms with Gasteiger partial charge in [0.2, 0.25) is 0 Å². The summed E-state index contributed by atoms with van der Waals surface area (Å²) in [5, 5.41) is 2.36. The van der Waals surface area contributed by atoms with Gasteiger partial charge in [-0.05, 0) is 6.07 Å². The molecule has 1 N–H and O–H groups in total. The molecule has 0 saturated heterocycles. The molecule has 0 aromatic carbocycles. The van der Waals surface area contributed by atoms with Gasteiger partial charge in [0.1, 0.15) is 13.5 Å². The maximum atomic E-state index is 11.0. The molecule has 0 fully saturated rings. The Morgan fingerprint density at radius 1 is 1.42 bits per heavy atom. The van der Waals surface area contributed by atoms with Crippen LogP contribution in [-0.4, -0.2) is 24.5 Å². The quantitative estimate of drug-likeness (QED) is 0.389. The fraction of sp³-hybridized carbons (Fsp3) is 0. The maximum Gasteiger partial charge on any atom is 0.298 e. The average molecular weight is 158 g/mol. The Bertz CT molecular complexity index is 389. The first kappa shape index (κ1) is 7.03. The highest BCUT2D eigenvalue weighted by Crippen LogP contribution is 2.17. The molecule has 1 aliphatic rings. The number of hydrogen-bond acceptors (Lipinski definition) is 3. The van der Waals surface area contributed by atoms with Crippen molar-refractivity contribution in [3.8, 4) is 0 Å². The van der Waals surface area contributed by atoms with Gasteiger partial charge in [0, 0.05) is 6.20 Å². The number of carbonyl (C=O) groups is 2. The van der Waals surface area contributed by atoms with Crippen molar-refractivity contribution in [2.45, 2.75) is 0 Å². The van der Waals surface area contributed by atoms with E-state index in [-0.39, 0.29) is 5.69 Å². The van der Waals surface area contributed by atoms with E-state index in [0.29, 0.717) is 11.2 Å². The summed E-state index contributed by atoms with van der Waals surface area (Å²) in [5.41, 5.74) is 0.961. The molecule has 4 nitrogen and oxygen atoms in total. The lowest BCUT2D eigenvalue weighted by Crippen LogP contribution is -2.12. The van der Waals surface area contributed by atoms with Crippen LogP contribution in [0.3, 0.4) is 0 Å². The lowest BCUT2D eigenvalue weighted by Gasteiger charge is -1.95. The van der Waals surface area contributed by atoms with E-state index in [1.165, 1.54) is 12.3 Å². The van der Waals surface area contributed by atoms with Crippen LogP contribution in [-0.2, 0) is 4.79 Å². The SMILES string of the molecule is [B]c1cnc2c(c1)NC(=O)C2=O. The fourth-order valence-corrected chi connectivity index (χ4v) is 1.04. The van der Waals surface area contributed by atoms with E-state index >= 15 is 0 Å². The number of rotatable bonds is 0. The zero-order chi connectivity index (χ0) is 8.72. The smallest absolute Gasteiger partial charge is 0.298 e. The number of nitrogens with zero attached hydrogens (tertiary/aromatic N) is 1. The Kier molecular flexibility index (Phi) is 1.27. The van der Waals surface area contributed by atoms with Gasteiger partial charge in [-0.1, -0.05) is 5.46 Å². The topological polar surface area (TPSA) is 59.1 Å². The molecule has 0 atom stereocenters. The second-order valence-electron chi connectivity index (χ2n) is 2.45. The van der Waals surface area contributed by atoms with Gasteiger partial charge in [0.25, 0.3) is 11.7 Å². The third kappa shape index (κ3) is 0.829. The largest absolute Gasteiger partial charge is 0.317 e. The second kappa shape index (κ2) is 2.17. The van der Waals surface area contributed by atoms with E-state index in [1.54, 1.807) is 0 Å². The van der Waals surface area contributed by atoms with Gasteiger partial charge in [-0.25, -0.2) is 0 Å². The number of aromatic nitrogens is 1. The Morgan fingerprint density at radius 2 is 2.17 bits per heavy atom. The maximum absolute atomic E-state index is 11.0. The van der Waals surface area contributed by atoms with Gasteiger partial charge in [-0.2, -0.15) is 0 Å². The number of fused-ring (bicyclic) bond motifs is 1. The van der Waals surface area contributed by atoms with Crippen molar-refractivity contribution < 1.29 is 9.59 Å². The summed E-state index contributed by atoms with van der Waals surface area (Å²) < 4.78 is 0. The third-order valence-electron chi connectivity index (χ3n) is 1.58. The minimum atomic E-state index is -0.650. The molecule has 0 spiro atoms. The van der Waals surface area contributed by atoms with Crippen molar-refractivity contribution in [3.05, 3.63) is 18.0 Å². The highest BCUT2D eigenvalue weighted by Gasteiger charge is 2.28. The summed E-state index contributed by atoms with van der Waals surface area (Å²) in [7, 11) is 5.40. The number of carbonyl (C=O) groups excluding carboxylic acids is 2. The van der Waals surface area contributed by atoms with Crippen LogP contribution < -0.4 is 10.8 Å². The molecule has 0 bridgehead atoms. The number of hydrogen-bond donors (Lipinski definition) is 1. The highest BCUT2D eigenvalue weighted by molar-refractivity contribution is 6.51. The van der Waals surface area contributed by atoms with E-state index in [4.69, 9.17) is 7.85 Å². The first-order chi connectivity index (χ1) is 5.68. The summed E-state index contributed by atoms with van der Waals surface area (Å²) in [6.07, 6.45) is 1.34. The zero-order valence-corrected chi connectivity index (χ0v) is 6.00. The molecule has 0 saturated carbocycles. The molecule has 56 valence electrons. The van der Waals surface area contributed by atoms with Gasteiger partial charge in [0.05, 0.1) is 5.69 Å². The van der Waals surface area contributed by atoms with Crippen LogP contribution in [0.15, 0.2) is 12.3 Å². The number of anilines is 1. The van der Waals surface area contributed by atoms with E-state index in [0.717, 1.165) is 0 Å². The highest BCUT2D eigenvalue weighted by atomic mass is 16.2. The van der Waals surface area contributed by atoms with Crippen LogP contribution in [0, 0.1) is 0 Å². The first-order valence-electron chi connectivity index (χ1n) is 3.29. The van der Waals surface area contributed by atoms with Crippen LogP contribution >= 0.6 is 0 Å². The average Bonchev–Trinajstić information content (AvgIpc) is 2.28. The monoisotopic (exact) mass is 158 g/mol. The standard InChI is InChI=1S/C7H3BN2O2/c8-3-1-4-5(9-2-3)6(11)7(12)10-4/h1-2H,(H,10,11,12). The van der Waals surface area contributed by atoms with E-state index in [9.17, 15) is 9.59 Å².